The molecule has 2 saturated carbocycles. The number of carbonyl (C=O) groups excluding carboxylic acids is 2. The SMILES string of the molecule is CC(C)Oc1ccccc1CNC(=O)C1(C(=O)NC2CC2)CCC1. The van der Waals surface area contributed by atoms with Crippen molar-refractivity contribution in [1.29, 1.82) is 0 Å². The highest BCUT2D eigenvalue weighted by atomic mass is 16.5. The third kappa shape index (κ3) is 3.55. The predicted octanol–water partition coefficient (Wildman–Crippen LogP) is 2.54. The van der Waals surface area contributed by atoms with Crippen LogP contribution < -0.4 is 15.4 Å². The Morgan fingerprint density at radius 1 is 1.21 bits per heavy atom. The van der Waals surface area contributed by atoms with Crippen LogP contribution in [0, 0.1) is 5.41 Å². The summed E-state index contributed by atoms with van der Waals surface area (Å²) in [5.74, 6) is 0.518. The molecule has 0 saturated heterocycles. The van der Waals surface area contributed by atoms with Gasteiger partial charge in [-0.15, -0.1) is 0 Å². The van der Waals surface area contributed by atoms with Crippen LogP contribution >= 0.6 is 0 Å². The van der Waals surface area contributed by atoms with Crippen LogP contribution in [0.5, 0.6) is 5.75 Å². The molecule has 2 fully saturated rings. The Bertz CT molecular complexity index is 619. The molecule has 0 spiro atoms. The minimum Gasteiger partial charge on any atom is -0.491 e. The zero-order chi connectivity index (χ0) is 17.2. The van der Waals surface area contributed by atoms with Gasteiger partial charge in [-0.1, -0.05) is 24.6 Å². The molecule has 2 N–H and O–H groups in total. The van der Waals surface area contributed by atoms with Crippen LogP contribution in [0.15, 0.2) is 24.3 Å². The van der Waals surface area contributed by atoms with Crippen LogP contribution in [0.1, 0.15) is 51.5 Å². The van der Waals surface area contributed by atoms with Crippen molar-refractivity contribution in [2.24, 2.45) is 5.41 Å². The van der Waals surface area contributed by atoms with E-state index in [1.165, 1.54) is 0 Å². The first-order valence-electron chi connectivity index (χ1n) is 8.85. The largest absolute Gasteiger partial charge is 0.491 e. The number of hydrogen-bond acceptors (Lipinski definition) is 3. The van der Waals surface area contributed by atoms with Gasteiger partial charge < -0.3 is 15.4 Å². The first-order valence-corrected chi connectivity index (χ1v) is 8.85. The predicted molar refractivity (Wildman–Crippen MR) is 91.5 cm³/mol. The maximum atomic E-state index is 12.7. The van der Waals surface area contributed by atoms with E-state index < -0.39 is 5.41 Å². The second-order valence-corrected chi connectivity index (χ2v) is 7.14. The van der Waals surface area contributed by atoms with E-state index >= 15 is 0 Å². The molecule has 1 aromatic carbocycles. The normalized spacial score (nSPS) is 18.6. The van der Waals surface area contributed by atoms with Crippen LogP contribution in [0.25, 0.3) is 0 Å². The zero-order valence-corrected chi connectivity index (χ0v) is 14.4. The first-order chi connectivity index (χ1) is 11.5. The number of rotatable bonds is 7. The average molecular weight is 330 g/mol. The third-order valence-electron chi connectivity index (χ3n) is 4.76. The van der Waals surface area contributed by atoms with Crippen LogP contribution in [-0.2, 0) is 16.1 Å². The summed E-state index contributed by atoms with van der Waals surface area (Å²) in [6, 6.07) is 7.96. The van der Waals surface area contributed by atoms with Gasteiger partial charge in [0.15, 0.2) is 0 Å². The van der Waals surface area contributed by atoms with Crippen molar-refractivity contribution in [3.05, 3.63) is 29.8 Å². The molecule has 0 atom stereocenters. The molecule has 0 heterocycles. The molecule has 2 amide bonds. The van der Waals surface area contributed by atoms with Crippen LogP contribution in [0.4, 0.5) is 0 Å². The minimum absolute atomic E-state index is 0.0733. The number of hydrogen-bond donors (Lipinski definition) is 2. The van der Waals surface area contributed by atoms with Gasteiger partial charge in [-0.2, -0.15) is 0 Å². The fourth-order valence-electron chi connectivity index (χ4n) is 3.00. The summed E-state index contributed by atoms with van der Waals surface area (Å²) >= 11 is 0. The van der Waals surface area contributed by atoms with E-state index in [1.807, 2.05) is 38.1 Å². The molecule has 0 radical (unpaired) electrons. The molecule has 5 nitrogen and oxygen atoms in total. The van der Waals surface area contributed by atoms with Crippen molar-refractivity contribution in [3.8, 4) is 5.75 Å². The highest BCUT2D eigenvalue weighted by Crippen LogP contribution is 2.42. The second-order valence-electron chi connectivity index (χ2n) is 7.14. The van der Waals surface area contributed by atoms with E-state index in [0.29, 0.717) is 19.4 Å². The Kier molecular flexibility index (Phi) is 4.78. The number of amides is 2. The van der Waals surface area contributed by atoms with Gasteiger partial charge in [-0.05, 0) is 45.6 Å². The number of benzene rings is 1. The van der Waals surface area contributed by atoms with E-state index in [2.05, 4.69) is 10.6 Å². The second kappa shape index (κ2) is 6.83. The summed E-state index contributed by atoms with van der Waals surface area (Å²) in [7, 11) is 0. The highest BCUT2D eigenvalue weighted by molar-refractivity contribution is 6.06. The van der Waals surface area contributed by atoms with Gasteiger partial charge in [0.2, 0.25) is 11.8 Å². The lowest BCUT2D eigenvalue weighted by Gasteiger charge is -2.38. The fraction of sp³-hybridized carbons (Fsp3) is 0.579. The van der Waals surface area contributed by atoms with Gasteiger partial charge >= 0.3 is 0 Å². The summed E-state index contributed by atoms with van der Waals surface area (Å²) in [4.78, 5) is 25.2. The molecule has 2 aliphatic carbocycles. The van der Waals surface area contributed by atoms with Crippen LogP contribution in [0.2, 0.25) is 0 Å². The monoisotopic (exact) mass is 330 g/mol. The molecule has 0 aliphatic heterocycles. The standard InChI is InChI=1S/C19H26N2O3/c1-13(2)24-16-7-4-3-6-14(16)12-20-17(22)19(10-5-11-19)18(23)21-15-8-9-15/h3-4,6-7,13,15H,5,8-12H2,1-2H3,(H,20,22)(H,21,23). The van der Waals surface area contributed by atoms with E-state index in [4.69, 9.17) is 4.74 Å². The third-order valence-corrected chi connectivity index (χ3v) is 4.76. The molecular formula is C19H26N2O3. The van der Waals surface area contributed by atoms with Crippen molar-refractivity contribution in [3.63, 3.8) is 0 Å². The summed E-state index contributed by atoms with van der Waals surface area (Å²) in [6.45, 7) is 4.32. The Morgan fingerprint density at radius 2 is 1.92 bits per heavy atom. The molecule has 2 aliphatic rings. The van der Waals surface area contributed by atoms with Gasteiger partial charge in [0.05, 0.1) is 6.10 Å². The topological polar surface area (TPSA) is 67.4 Å². The van der Waals surface area contributed by atoms with E-state index in [1.54, 1.807) is 0 Å². The van der Waals surface area contributed by atoms with E-state index in [9.17, 15) is 9.59 Å². The molecule has 0 bridgehead atoms. The van der Waals surface area contributed by atoms with Crippen molar-refractivity contribution in [2.75, 3.05) is 0 Å². The lowest BCUT2D eigenvalue weighted by Crippen LogP contribution is -2.55. The molecule has 5 heteroatoms. The van der Waals surface area contributed by atoms with Gasteiger partial charge in [-0.3, -0.25) is 9.59 Å². The zero-order valence-electron chi connectivity index (χ0n) is 14.4. The summed E-state index contributed by atoms with van der Waals surface area (Å²) in [6.07, 6.45) is 4.35. The fourth-order valence-corrected chi connectivity index (χ4v) is 3.00. The maximum Gasteiger partial charge on any atom is 0.235 e. The summed E-state index contributed by atoms with van der Waals surface area (Å²) < 4.78 is 5.78. The van der Waals surface area contributed by atoms with Gasteiger partial charge in [0.25, 0.3) is 0 Å². The van der Waals surface area contributed by atoms with Crippen molar-refractivity contribution < 1.29 is 14.3 Å². The Hall–Kier alpha value is -2.04. The first kappa shape index (κ1) is 16.8. The van der Waals surface area contributed by atoms with Crippen molar-refractivity contribution in [1.82, 2.24) is 10.6 Å². The van der Waals surface area contributed by atoms with E-state index in [-0.39, 0.29) is 24.0 Å². The molecule has 1 aromatic rings. The van der Waals surface area contributed by atoms with Crippen LogP contribution in [0.3, 0.4) is 0 Å². The number of nitrogens with one attached hydrogen (secondary N) is 2. The van der Waals surface area contributed by atoms with Crippen molar-refractivity contribution >= 4 is 11.8 Å². The quantitative estimate of drug-likeness (QED) is 0.755. The highest BCUT2D eigenvalue weighted by Gasteiger charge is 2.51. The van der Waals surface area contributed by atoms with Crippen molar-refractivity contribution in [2.45, 2.75) is 64.6 Å². The van der Waals surface area contributed by atoms with Crippen LogP contribution in [-0.4, -0.2) is 24.0 Å². The molecule has 0 unspecified atom stereocenters. The molecule has 24 heavy (non-hydrogen) atoms. The smallest absolute Gasteiger partial charge is 0.235 e. The number of ether oxygens (including phenoxy) is 1. The van der Waals surface area contributed by atoms with Gasteiger partial charge in [0.1, 0.15) is 11.2 Å². The van der Waals surface area contributed by atoms with Gasteiger partial charge in [0, 0.05) is 18.2 Å². The number of carbonyl (C=O) groups is 2. The number of para-hydroxylation sites is 1. The Morgan fingerprint density at radius 3 is 2.50 bits per heavy atom. The lowest BCUT2D eigenvalue weighted by atomic mass is 9.67. The Balaban J connectivity index is 1.63. The summed E-state index contributed by atoms with van der Waals surface area (Å²) in [5, 5.41) is 5.94. The molecular weight excluding hydrogens is 304 g/mol. The average Bonchev–Trinajstić information content (AvgIpc) is 3.28. The molecule has 130 valence electrons. The Labute approximate surface area is 143 Å². The molecule has 3 rings (SSSR count). The lowest BCUT2D eigenvalue weighted by molar-refractivity contribution is -0.149. The van der Waals surface area contributed by atoms with E-state index in [0.717, 1.165) is 30.6 Å². The minimum atomic E-state index is -0.865. The molecule has 0 aromatic heterocycles. The maximum absolute atomic E-state index is 12.7. The summed E-state index contributed by atoms with van der Waals surface area (Å²) in [5.41, 5.74) is 0.0628. The van der Waals surface area contributed by atoms with Gasteiger partial charge in [-0.25, -0.2) is 0 Å².